The van der Waals surface area contributed by atoms with Crippen LogP contribution in [0.5, 0.6) is 0 Å². The number of hydrogen-bond acceptors (Lipinski definition) is 6. The van der Waals surface area contributed by atoms with E-state index in [1.165, 1.54) is 15.2 Å². The Morgan fingerprint density at radius 2 is 1.70 bits per heavy atom. The second kappa shape index (κ2) is 10.6. The summed E-state index contributed by atoms with van der Waals surface area (Å²) in [5.74, 6) is -0.0456. The molecule has 1 saturated heterocycles. The molecule has 0 radical (unpaired) electrons. The van der Waals surface area contributed by atoms with Gasteiger partial charge in [0.2, 0.25) is 5.03 Å². The van der Waals surface area contributed by atoms with Crippen LogP contribution in [0.4, 0.5) is 0 Å². The summed E-state index contributed by atoms with van der Waals surface area (Å²) in [5.41, 5.74) is 0.301. The van der Waals surface area contributed by atoms with Crippen molar-refractivity contribution in [1.82, 2.24) is 24.2 Å². The maximum absolute atomic E-state index is 12.9. The normalized spacial score (nSPS) is 19.4. The van der Waals surface area contributed by atoms with E-state index in [2.05, 4.69) is 15.2 Å². The van der Waals surface area contributed by atoms with Gasteiger partial charge < -0.3 is 0 Å². The summed E-state index contributed by atoms with van der Waals surface area (Å²) in [5, 5.41) is 8.26. The lowest BCUT2D eigenvalue weighted by Gasteiger charge is -2.45. The Balaban J connectivity index is 0.00000306. The molecule has 1 aliphatic heterocycles. The molecule has 2 heterocycles. The van der Waals surface area contributed by atoms with Crippen LogP contribution in [0.1, 0.15) is 48.9 Å². The van der Waals surface area contributed by atoms with Crippen molar-refractivity contribution in [2.75, 3.05) is 26.2 Å². The minimum atomic E-state index is -3.65. The van der Waals surface area contributed by atoms with Gasteiger partial charge in [-0.15, -0.1) is 17.5 Å². The molecule has 0 unspecified atom stereocenters. The standard InChI is InChI=1S/C21H27Cl2N5O3S.ClH/c1-26-15-19(24-25-26)32(30,31)28-13-11-27(12-14-28)21(8-2-3-9-21)10-7-18(29)20-16(22)5-4-6-17(20)23;/h4-6,15H,2-3,7-14H2,1H3;1H. The van der Waals surface area contributed by atoms with Crippen LogP contribution in [-0.4, -0.2) is 70.1 Å². The van der Waals surface area contributed by atoms with E-state index < -0.39 is 10.0 Å². The van der Waals surface area contributed by atoms with E-state index in [0.717, 1.165) is 25.7 Å². The molecule has 0 spiro atoms. The maximum atomic E-state index is 12.9. The number of hydrogen-bond donors (Lipinski definition) is 0. The highest BCUT2D eigenvalue weighted by molar-refractivity contribution is 7.89. The molecule has 2 aromatic rings. The molecule has 4 rings (SSSR count). The van der Waals surface area contributed by atoms with Crippen molar-refractivity contribution >= 4 is 51.4 Å². The van der Waals surface area contributed by atoms with Crippen LogP contribution in [0, 0.1) is 0 Å². The number of sulfonamides is 1. The number of aromatic nitrogens is 3. The minimum absolute atomic E-state index is 0. The number of aryl methyl sites for hydroxylation is 1. The molecule has 2 fully saturated rings. The Morgan fingerprint density at radius 1 is 1.09 bits per heavy atom. The van der Waals surface area contributed by atoms with E-state index in [-0.39, 0.29) is 28.8 Å². The van der Waals surface area contributed by atoms with Gasteiger partial charge in [-0.1, -0.05) is 47.3 Å². The molecule has 1 aliphatic carbocycles. The summed E-state index contributed by atoms with van der Waals surface area (Å²) in [6.45, 7) is 2.04. The lowest BCUT2D eigenvalue weighted by Crippen LogP contribution is -2.57. The smallest absolute Gasteiger partial charge is 0.264 e. The van der Waals surface area contributed by atoms with Crippen LogP contribution >= 0.6 is 35.6 Å². The number of benzene rings is 1. The Kier molecular flexibility index (Phi) is 8.46. The molecule has 0 amide bonds. The van der Waals surface area contributed by atoms with Gasteiger partial charge in [0.1, 0.15) is 0 Å². The summed E-state index contributed by atoms with van der Waals surface area (Å²) < 4.78 is 28.6. The number of nitrogens with zero attached hydrogens (tertiary/aromatic N) is 5. The summed E-state index contributed by atoms with van der Waals surface area (Å²) >= 11 is 12.4. The third-order valence-electron chi connectivity index (χ3n) is 6.69. The molecule has 0 N–H and O–H groups in total. The Labute approximate surface area is 210 Å². The van der Waals surface area contributed by atoms with Crippen LogP contribution in [0.2, 0.25) is 10.0 Å². The van der Waals surface area contributed by atoms with Crippen molar-refractivity contribution in [3.63, 3.8) is 0 Å². The highest BCUT2D eigenvalue weighted by atomic mass is 35.5. The first-order valence-electron chi connectivity index (χ1n) is 10.8. The van der Waals surface area contributed by atoms with E-state index in [1.807, 2.05) is 0 Å². The summed E-state index contributed by atoms with van der Waals surface area (Å²) in [6, 6.07) is 5.10. The van der Waals surface area contributed by atoms with Crippen LogP contribution < -0.4 is 0 Å². The number of rotatable bonds is 7. The maximum Gasteiger partial charge on any atom is 0.264 e. The predicted octanol–water partition coefficient (Wildman–Crippen LogP) is 3.83. The van der Waals surface area contributed by atoms with Crippen molar-refractivity contribution in [3.8, 4) is 0 Å². The number of piperazine rings is 1. The van der Waals surface area contributed by atoms with E-state index in [9.17, 15) is 13.2 Å². The van der Waals surface area contributed by atoms with Crippen molar-refractivity contribution in [3.05, 3.63) is 40.0 Å². The molecule has 1 aromatic carbocycles. The van der Waals surface area contributed by atoms with Crippen molar-refractivity contribution in [1.29, 1.82) is 0 Å². The van der Waals surface area contributed by atoms with Crippen LogP contribution in [0.15, 0.2) is 29.4 Å². The van der Waals surface area contributed by atoms with E-state index in [4.69, 9.17) is 23.2 Å². The van der Waals surface area contributed by atoms with Gasteiger partial charge in [0.15, 0.2) is 5.78 Å². The lowest BCUT2D eigenvalue weighted by molar-refractivity contribution is 0.0476. The first-order chi connectivity index (χ1) is 15.2. The summed E-state index contributed by atoms with van der Waals surface area (Å²) in [4.78, 5) is 15.3. The number of ketones is 1. The number of carbonyl (C=O) groups excluding carboxylic acids is 1. The summed E-state index contributed by atoms with van der Waals surface area (Å²) in [7, 11) is -2.01. The average molecular weight is 537 g/mol. The van der Waals surface area contributed by atoms with Gasteiger partial charge >= 0.3 is 0 Å². The Hall–Kier alpha value is -1.23. The zero-order chi connectivity index (χ0) is 22.9. The molecule has 1 saturated carbocycles. The fraction of sp³-hybridized carbons (Fsp3) is 0.571. The van der Waals surface area contributed by atoms with Gasteiger partial charge in [-0.25, -0.2) is 8.42 Å². The quantitative estimate of drug-likeness (QED) is 0.500. The number of carbonyl (C=O) groups is 1. The highest BCUT2D eigenvalue weighted by Gasteiger charge is 2.42. The van der Waals surface area contributed by atoms with Crippen molar-refractivity contribution in [2.45, 2.75) is 49.1 Å². The second-order valence-corrected chi connectivity index (χ2v) is 11.3. The Morgan fingerprint density at radius 3 is 2.24 bits per heavy atom. The van der Waals surface area contributed by atoms with Gasteiger partial charge in [0, 0.05) is 45.2 Å². The van der Waals surface area contributed by atoms with Crippen LogP contribution in [0.3, 0.4) is 0 Å². The SMILES string of the molecule is Cl.Cn1cc(S(=O)(=O)N2CCN(C3(CCC(=O)c4c(Cl)cccc4Cl)CCCC3)CC2)nn1. The monoisotopic (exact) mass is 535 g/mol. The third-order valence-corrected chi connectivity index (χ3v) is 9.08. The molecule has 8 nitrogen and oxygen atoms in total. The first kappa shape index (κ1) is 26.4. The van der Waals surface area contributed by atoms with Gasteiger partial charge in [0.05, 0.1) is 21.8 Å². The average Bonchev–Trinajstić information content (AvgIpc) is 3.42. The fourth-order valence-electron chi connectivity index (χ4n) is 4.97. The van der Waals surface area contributed by atoms with E-state index >= 15 is 0 Å². The topological polar surface area (TPSA) is 88.4 Å². The molecular formula is C21H28Cl3N5O3S. The zero-order valence-electron chi connectivity index (χ0n) is 18.4. The van der Waals surface area contributed by atoms with Gasteiger partial charge in [-0.2, -0.15) is 4.31 Å². The minimum Gasteiger partial charge on any atom is -0.295 e. The van der Waals surface area contributed by atoms with E-state index in [0.29, 0.717) is 54.6 Å². The molecule has 1 aromatic heterocycles. The number of Topliss-reactive ketones (excluding diaryl/α,β-unsaturated/α-hetero) is 1. The third kappa shape index (κ3) is 5.39. The molecule has 2 aliphatic rings. The first-order valence-corrected chi connectivity index (χ1v) is 13.0. The van der Waals surface area contributed by atoms with Crippen LogP contribution in [0.25, 0.3) is 0 Å². The van der Waals surface area contributed by atoms with Gasteiger partial charge in [-0.05, 0) is 31.4 Å². The summed E-state index contributed by atoms with van der Waals surface area (Å²) in [6.07, 6.45) is 6.73. The van der Waals surface area contributed by atoms with Crippen molar-refractivity contribution in [2.24, 2.45) is 7.05 Å². The zero-order valence-corrected chi connectivity index (χ0v) is 21.6. The second-order valence-electron chi connectivity index (χ2n) is 8.57. The van der Waals surface area contributed by atoms with Gasteiger partial charge in [-0.3, -0.25) is 14.4 Å². The molecule has 12 heteroatoms. The van der Waals surface area contributed by atoms with Crippen LogP contribution in [-0.2, 0) is 17.1 Å². The fourth-order valence-corrected chi connectivity index (χ4v) is 6.91. The largest absolute Gasteiger partial charge is 0.295 e. The Bertz CT molecular complexity index is 1070. The van der Waals surface area contributed by atoms with Gasteiger partial charge in [0.25, 0.3) is 10.0 Å². The lowest BCUT2D eigenvalue weighted by atomic mass is 9.87. The molecule has 182 valence electrons. The number of halogens is 3. The molecule has 0 bridgehead atoms. The molecular weight excluding hydrogens is 509 g/mol. The highest BCUT2D eigenvalue weighted by Crippen LogP contribution is 2.40. The van der Waals surface area contributed by atoms with E-state index in [1.54, 1.807) is 25.2 Å². The predicted molar refractivity (Wildman–Crippen MR) is 130 cm³/mol. The molecule has 33 heavy (non-hydrogen) atoms. The molecule has 0 atom stereocenters. The van der Waals surface area contributed by atoms with Crippen molar-refractivity contribution < 1.29 is 13.2 Å².